The molecular weight excluding hydrogens is 428 g/mol. The van der Waals surface area contributed by atoms with Crippen LogP contribution in [0.4, 0.5) is 0 Å². The van der Waals surface area contributed by atoms with Crippen molar-refractivity contribution in [1.29, 1.82) is 0 Å². The Morgan fingerprint density at radius 3 is 2.48 bits per heavy atom. The molecule has 2 atom stereocenters. The Hall–Kier alpha value is -1.53. The largest absolute Gasteiger partial charge is 0.454 e. The zero-order chi connectivity index (χ0) is 16.4. The molecule has 0 saturated carbocycles. The lowest BCUT2D eigenvalue weighted by Crippen LogP contribution is -2.18. The number of carbonyl (C=O) groups excluding carboxylic acids is 1. The number of fused-ring (bicyclic) bond motifs is 1. The van der Waals surface area contributed by atoms with Crippen molar-refractivity contribution in [1.82, 2.24) is 0 Å². The minimum Gasteiger partial charge on any atom is -0.454 e. The lowest BCUT2D eigenvalue weighted by atomic mass is 10.1. The van der Waals surface area contributed by atoms with Crippen molar-refractivity contribution in [2.75, 3.05) is 6.79 Å². The average molecular weight is 442 g/mol. The van der Waals surface area contributed by atoms with Crippen molar-refractivity contribution in [3.05, 3.63) is 58.1 Å². The van der Waals surface area contributed by atoms with Gasteiger partial charge in [0.2, 0.25) is 6.79 Å². The molecule has 23 heavy (non-hydrogen) atoms. The zero-order valence-corrected chi connectivity index (χ0v) is 15.5. The van der Waals surface area contributed by atoms with Crippen LogP contribution in [0.25, 0.3) is 0 Å². The number of hydrogen-bond donors (Lipinski definition) is 0. The number of ether oxygens (including phenoxy) is 3. The van der Waals surface area contributed by atoms with Crippen molar-refractivity contribution in [3.8, 4) is 11.5 Å². The van der Waals surface area contributed by atoms with Crippen molar-refractivity contribution < 1.29 is 19.0 Å². The van der Waals surface area contributed by atoms with Gasteiger partial charge in [-0.15, -0.1) is 0 Å². The second kappa shape index (κ2) is 6.93. The third kappa shape index (κ3) is 3.53. The third-order valence-corrected chi connectivity index (χ3v) is 4.63. The van der Waals surface area contributed by atoms with Crippen LogP contribution < -0.4 is 9.47 Å². The molecule has 3 rings (SSSR count). The SMILES string of the molecule is C[C@H](Br)[C@@H](OC(=O)c1ccccc1)c1cc2c(cc1Br)OCO2. The van der Waals surface area contributed by atoms with Gasteiger partial charge in [0.25, 0.3) is 0 Å². The second-order valence-corrected chi connectivity index (χ2v) is 7.40. The molecule has 1 heterocycles. The number of esters is 1. The van der Waals surface area contributed by atoms with Gasteiger partial charge in [-0.3, -0.25) is 0 Å². The van der Waals surface area contributed by atoms with Gasteiger partial charge in [-0.05, 0) is 31.2 Å². The summed E-state index contributed by atoms with van der Waals surface area (Å²) in [7, 11) is 0. The number of carbonyl (C=O) groups is 1. The summed E-state index contributed by atoms with van der Waals surface area (Å²) in [5.41, 5.74) is 1.34. The Morgan fingerprint density at radius 1 is 1.17 bits per heavy atom. The van der Waals surface area contributed by atoms with E-state index >= 15 is 0 Å². The van der Waals surface area contributed by atoms with E-state index in [1.54, 1.807) is 24.3 Å². The van der Waals surface area contributed by atoms with Crippen LogP contribution in [0.15, 0.2) is 46.9 Å². The molecular formula is C17H14Br2O4. The molecule has 0 aromatic heterocycles. The van der Waals surface area contributed by atoms with Gasteiger partial charge in [-0.2, -0.15) is 0 Å². The van der Waals surface area contributed by atoms with Crippen LogP contribution in [0, 0.1) is 0 Å². The molecule has 1 aliphatic rings. The Bertz CT molecular complexity index is 716. The van der Waals surface area contributed by atoms with E-state index in [1.807, 2.05) is 25.1 Å². The number of alkyl halides is 1. The van der Waals surface area contributed by atoms with Crippen LogP contribution in [-0.2, 0) is 4.74 Å². The van der Waals surface area contributed by atoms with Crippen LogP contribution in [0.5, 0.6) is 11.5 Å². The number of halogens is 2. The van der Waals surface area contributed by atoms with E-state index in [0.29, 0.717) is 17.1 Å². The van der Waals surface area contributed by atoms with Gasteiger partial charge in [0.1, 0.15) is 6.10 Å². The van der Waals surface area contributed by atoms with Gasteiger partial charge in [0.15, 0.2) is 11.5 Å². The van der Waals surface area contributed by atoms with E-state index in [-0.39, 0.29) is 17.6 Å². The van der Waals surface area contributed by atoms with E-state index in [2.05, 4.69) is 31.9 Å². The molecule has 6 heteroatoms. The quantitative estimate of drug-likeness (QED) is 0.502. The molecule has 0 amide bonds. The smallest absolute Gasteiger partial charge is 0.338 e. The van der Waals surface area contributed by atoms with Crippen molar-refractivity contribution >= 4 is 37.8 Å². The summed E-state index contributed by atoms with van der Waals surface area (Å²) in [4.78, 5) is 12.3. The highest BCUT2D eigenvalue weighted by Crippen LogP contribution is 2.41. The second-order valence-electron chi connectivity index (χ2n) is 5.10. The highest BCUT2D eigenvalue weighted by atomic mass is 79.9. The first kappa shape index (κ1) is 16.3. The first-order valence-corrected chi connectivity index (χ1v) is 8.76. The van der Waals surface area contributed by atoms with E-state index in [1.165, 1.54) is 0 Å². The molecule has 0 fully saturated rings. The first-order chi connectivity index (χ1) is 11.1. The molecule has 0 spiro atoms. The summed E-state index contributed by atoms with van der Waals surface area (Å²) in [6.45, 7) is 2.13. The summed E-state index contributed by atoms with van der Waals surface area (Å²) < 4.78 is 17.3. The molecule has 1 aliphatic heterocycles. The van der Waals surface area contributed by atoms with Crippen molar-refractivity contribution in [2.45, 2.75) is 17.9 Å². The number of hydrogen-bond acceptors (Lipinski definition) is 4. The summed E-state index contributed by atoms with van der Waals surface area (Å²) in [6.07, 6.45) is -0.466. The van der Waals surface area contributed by atoms with Crippen LogP contribution >= 0.6 is 31.9 Å². The fourth-order valence-corrected chi connectivity index (χ4v) is 3.25. The maximum absolute atomic E-state index is 12.4. The number of rotatable bonds is 4. The van der Waals surface area contributed by atoms with Gasteiger partial charge < -0.3 is 14.2 Å². The first-order valence-electron chi connectivity index (χ1n) is 7.05. The minimum absolute atomic E-state index is 0.0770. The molecule has 0 N–H and O–H groups in total. The van der Waals surface area contributed by atoms with Gasteiger partial charge in [-0.25, -0.2) is 4.79 Å². The maximum Gasteiger partial charge on any atom is 0.338 e. The van der Waals surface area contributed by atoms with Crippen molar-refractivity contribution in [2.24, 2.45) is 0 Å². The molecule has 0 bridgehead atoms. The molecule has 4 nitrogen and oxygen atoms in total. The van der Waals surface area contributed by atoms with Gasteiger partial charge in [0.05, 0.1) is 10.4 Å². The van der Waals surface area contributed by atoms with Crippen molar-refractivity contribution in [3.63, 3.8) is 0 Å². The molecule has 2 aromatic carbocycles. The highest BCUT2D eigenvalue weighted by molar-refractivity contribution is 9.10. The third-order valence-electron chi connectivity index (χ3n) is 3.46. The van der Waals surface area contributed by atoms with Gasteiger partial charge in [-0.1, -0.05) is 50.1 Å². The van der Waals surface area contributed by atoms with Gasteiger partial charge in [0, 0.05) is 10.0 Å². The monoisotopic (exact) mass is 440 g/mol. The Kier molecular flexibility index (Phi) is 4.92. The standard InChI is InChI=1S/C17H14Br2O4/c1-10(18)16(23-17(20)11-5-3-2-4-6-11)12-7-14-15(8-13(12)19)22-9-21-14/h2-8,10,16H,9H2,1H3/t10-,16+/m0/s1. The predicted molar refractivity (Wildman–Crippen MR) is 93.3 cm³/mol. The number of benzene rings is 2. The van der Waals surface area contributed by atoms with Crippen LogP contribution in [0.3, 0.4) is 0 Å². The summed E-state index contributed by atoms with van der Waals surface area (Å²) >= 11 is 7.04. The molecule has 0 unspecified atom stereocenters. The maximum atomic E-state index is 12.4. The fraction of sp³-hybridized carbons (Fsp3) is 0.235. The predicted octanol–water partition coefficient (Wildman–Crippen LogP) is 4.86. The molecule has 0 aliphatic carbocycles. The zero-order valence-electron chi connectivity index (χ0n) is 12.3. The van der Waals surface area contributed by atoms with Crippen LogP contribution in [0.2, 0.25) is 0 Å². The highest BCUT2D eigenvalue weighted by Gasteiger charge is 2.27. The topological polar surface area (TPSA) is 44.8 Å². The van der Waals surface area contributed by atoms with E-state index in [0.717, 1.165) is 10.0 Å². The Labute approximate surface area is 151 Å². The Morgan fingerprint density at radius 2 is 1.83 bits per heavy atom. The normalized spacial score (nSPS) is 15.1. The summed E-state index contributed by atoms with van der Waals surface area (Å²) in [5.74, 6) is 0.958. The average Bonchev–Trinajstić information content (AvgIpc) is 2.99. The Balaban J connectivity index is 1.89. The lowest BCUT2D eigenvalue weighted by Gasteiger charge is -2.22. The molecule has 0 saturated heterocycles. The van der Waals surface area contributed by atoms with Gasteiger partial charge >= 0.3 is 5.97 Å². The molecule has 2 aromatic rings. The molecule has 120 valence electrons. The minimum atomic E-state index is -0.466. The van der Waals surface area contributed by atoms with Crippen LogP contribution in [0.1, 0.15) is 28.9 Å². The fourth-order valence-electron chi connectivity index (χ4n) is 2.31. The molecule has 0 radical (unpaired) electrons. The summed E-state index contributed by atoms with van der Waals surface area (Å²) in [6, 6.07) is 12.6. The lowest BCUT2D eigenvalue weighted by molar-refractivity contribution is 0.0302. The van der Waals surface area contributed by atoms with E-state index < -0.39 is 6.10 Å². The van der Waals surface area contributed by atoms with E-state index in [9.17, 15) is 4.79 Å². The summed E-state index contributed by atoms with van der Waals surface area (Å²) in [5, 5.41) is 0. The van der Waals surface area contributed by atoms with Crippen LogP contribution in [-0.4, -0.2) is 17.6 Å². The van der Waals surface area contributed by atoms with E-state index in [4.69, 9.17) is 14.2 Å².